The number of fused-ring (bicyclic) bond motifs is 1. The molecule has 0 aliphatic heterocycles. The van der Waals surface area contributed by atoms with Crippen molar-refractivity contribution in [3.8, 4) is 0 Å². The highest BCUT2D eigenvalue weighted by Gasteiger charge is 2.47. The van der Waals surface area contributed by atoms with Crippen molar-refractivity contribution >= 4 is 11.7 Å². The van der Waals surface area contributed by atoms with Crippen LogP contribution in [-0.2, 0) is 10.2 Å². The van der Waals surface area contributed by atoms with Crippen LogP contribution in [0.25, 0.3) is 0 Å². The molecule has 28 heavy (non-hydrogen) atoms. The zero-order valence-corrected chi connectivity index (χ0v) is 17.9. The van der Waals surface area contributed by atoms with Gasteiger partial charge in [0.1, 0.15) is 0 Å². The number of ether oxygens (including phenoxy) is 1. The Morgan fingerprint density at radius 3 is 2.64 bits per heavy atom. The van der Waals surface area contributed by atoms with Crippen LogP contribution in [-0.4, -0.2) is 56.0 Å². The molecule has 154 valence electrons. The number of rotatable bonds is 8. The van der Waals surface area contributed by atoms with Crippen molar-refractivity contribution in [3.63, 3.8) is 0 Å². The van der Waals surface area contributed by atoms with Crippen LogP contribution in [0.15, 0.2) is 18.2 Å². The van der Waals surface area contributed by atoms with E-state index in [1.165, 1.54) is 12.8 Å². The Morgan fingerprint density at radius 2 is 2.04 bits per heavy atom. The molecular formula is C23H34N2O3. The van der Waals surface area contributed by atoms with E-state index in [9.17, 15) is 9.59 Å². The van der Waals surface area contributed by atoms with Gasteiger partial charge in [-0.2, -0.15) is 0 Å². The Kier molecular flexibility index (Phi) is 6.25. The first kappa shape index (κ1) is 21.0. The third-order valence-electron chi connectivity index (χ3n) is 6.70. The summed E-state index contributed by atoms with van der Waals surface area (Å²) in [5.74, 6) is 1.01. The van der Waals surface area contributed by atoms with Crippen molar-refractivity contribution < 1.29 is 14.3 Å². The van der Waals surface area contributed by atoms with E-state index in [1.54, 1.807) is 13.2 Å². The predicted octanol–water partition coefficient (Wildman–Crippen LogP) is 3.27. The van der Waals surface area contributed by atoms with Crippen molar-refractivity contribution in [2.45, 2.75) is 52.0 Å². The summed E-state index contributed by atoms with van der Waals surface area (Å²) >= 11 is 0. The number of likely N-dealkylation sites (N-methyl/N-ethyl adjacent to an activating group) is 1. The van der Waals surface area contributed by atoms with Crippen molar-refractivity contribution in [2.24, 2.45) is 11.8 Å². The average Bonchev–Trinajstić information content (AvgIpc) is 3.49. The van der Waals surface area contributed by atoms with Crippen LogP contribution in [0.1, 0.15) is 66.8 Å². The average molecular weight is 387 g/mol. The van der Waals surface area contributed by atoms with Crippen molar-refractivity contribution in [1.29, 1.82) is 0 Å². The number of amides is 1. The summed E-state index contributed by atoms with van der Waals surface area (Å²) in [6.07, 6.45) is 2.57. The van der Waals surface area contributed by atoms with E-state index < -0.39 is 0 Å². The van der Waals surface area contributed by atoms with Gasteiger partial charge in [-0.3, -0.25) is 14.5 Å². The van der Waals surface area contributed by atoms with Gasteiger partial charge in [-0.15, -0.1) is 0 Å². The maximum Gasteiger partial charge on any atom is 0.251 e. The number of Topliss-reactive ketones (excluding diaryl/α,β-unsaturated/α-hetero) is 1. The molecule has 5 nitrogen and oxygen atoms in total. The largest absolute Gasteiger partial charge is 0.383 e. The highest BCUT2D eigenvalue weighted by atomic mass is 16.5. The van der Waals surface area contributed by atoms with Gasteiger partial charge < -0.3 is 10.1 Å². The van der Waals surface area contributed by atoms with Gasteiger partial charge in [0.2, 0.25) is 0 Å². The molecule has 2 aliphatic rings. The fourth-order valence-corrected chi connectivity index (χ4v) is 4.38. The van der Waals surface area contributed by atoms with Gasteiger partial charge in [0.25, 0.3) is 5.91 Å². The van der Waals surface area contributed by atoms with E-state index in [1.807, 2.05) is 12.1 Å². The van der Waals surface area contributed by atoms with Gasteiger partial charge in [0.05, 0.1) is 12.6 Å². The second kappa shape index (κ2) is 8.34. The minimum Gasteiger partial charge on any atom is -0.383 e. The monoisotopic (exact) mass is 386 g/mol. The molecule has 1 amide bonds. The highest BCUT2D eigenvalue weighted by molar-refractivity contribution is 6.04. The van der Waals surface area contributed by atoms with Crippen LogP contribution in [0.3, 0.4) is 0 Å². The second-order valence-electron chi connectivity index (χ2n) is 8.86. The Balaban J connectivity index is 1.90. The van der Waals surface area contributed by atoms with Crippen molar-refractivity contribution in [1.82, 2.24) is 10.2 Å². The maximum absolute atomic E-state index is 13.5. The maximum atomic E-state index is 13.5. The molecule has 0 radical (unpaired) electrons. The van der Waals surface area contributed by atoms with Gasteiger partial charge in [-0.25, -0.2) is 0 Å². The molecule has 2 atom stereocenters. The third kappa shape index (κ3) is 4.01. The third-order valence-corrected chi connectivity index (χ3v) is 6.70. The van der Waals surface area contributed by atoms with Crippen LogP contribution >= 0.6 is 0 Å². The fraction of sp³-hybridized carbons (Fsp3) is 0.652. The molecule has 0 aromatic heterocycles. The van der Waals surface area contributed by atoms with Gasteiger partial charge >= 0.3 is 0 Å². The first-order valence-electron chi connectivity index (χ1n) is 10.5. The molecule has 0 spiro atoms. The standard InChI is InChI=1S/C23H34N2O3/c1-6-25(14-16-7-8-16)20-15(2)23(3,4)19-13-17(9-10-18(19)21(20)26)22(27)24-11-12-28-5/h9-10,13,15-16,20H,6-8,11-12,14H2,1-5H3,(H,24,27)/t15-,20?/m0/s1. The molecule has 1 saturated carbocycles. The van der Waals surface area contributed by atoms with E-state index in [0.29, 0.717) is 18.7 Å². The van der Waals surface area contributed by atoms with Crippen molar-refractivity contribution in [2.75, 3.05) is 33.4 Å². The number of ketones is 1. The van der Waals surface area contributed by atoms with Crippen LogP contribution in [0, 0.1) is 11.8 Å². The molecule has 2 aliphatic carbocycles. The summed E-state index contributed by atoms with van der Waals surface area (Å²) in [4.78, 5) is 28.3. The minimum atomic E-state index is -0.187. The lowest BCUT2D eigenvalue weighted by atomic mass is 9.63. The molecule has 1 aromatic rings. The summed E-state index contributed by atoms with van der Waals surface area (Å²) in [6.45, 7) is 11.6. The van der Waals surface area contributed by atoms with Gasteiger partial charge in [-0.05, 0) is 54.3 Å². The van der Waals surface area contributed by atoms with Crippen LogP contribution in [0.4, 0.5) is 0 Å². The topological polar surface area (TPSA) is 58.6 Å². The molecule has 0 heterocycles. The van der Waals surface area contributed by atoms with E-state index in [2.05, 4.69) is 37.9 Å². The van der Waals surface area contributed by atoms with Gasteiger partial charge in [-0.1, -0.05) is 33.8 Å². The lowest BCUT2D eigenvalue weighted by Crippen LogP contribution is -2.55. The molecule has 0 saturated heterocycles. The van der Waals surface area contributed by atoms with Gasteiger partial charge in [0, 0.05) is 31.3 Å². The molecule has 1 unspecified atom stereocenters. The normalized spacial score (nSPS) is 23.6. The Bertz CT molecular complexity index is 739. The summed E-state index contributed by atoms with van der Waals surface area (Å²) in [5, 5.41) is 2.86. The van der Waals surface area contributed by atoms with E-state index in [-0.39, 0.29) is 29.1 Å². The molecule has 0 bridgehead atoms. The number of hydrogen-bond donors (Lipinski definition) is 1. The number of carbonyl (C=O) groups excluding carboxylic acids is 2. The Labute approximate surface area is 168 Å². The zero-order valence-electron chi connectivity index (χ0n) is 17.9. The molecule has 5 heteroatoms. The smallest absolute Gasteiger partial charge is 0.251 e. The molecule has 3 rings (SSSR count). The fourth-order valence-electron chi connectivity index (χ4n) is 4.38. The number of methoxy groups -OCH3 is 1. The number of carbonyl (C=O) groups is 2. The second-order valence-corrected chi connectivity index (χ2v) is 8.86. The Hall–Kier alpha value is -1.72. The summed E-state index contributed by atoms with van der Waals surface area (Å²) in [6, 6.07) is 5.46. The number of nitrogens with one attached hydrogen (secondary N) is 1. The minimum absolute atomic E-state index is 0.0884. The SMILES string of the molecule is CCN(CC1CC1)C1C(=O)c2ccc(C(=O)NCCOC)cc2C(C)(C)[C@H]1C. The first-order chi connectivity index (χ1) is 13.3. The molecular weight excluding hydrogens is 352 g/mol. The lowest BCUT2D eigenvalue weighted by molar-refractivity contribution is 0.0594. The number of benzene rings is 1. The molecule has 1 N–H and O–H groups in total. The summed E-state index contributed by atoms with van der Waals surface area (Å²) in [7, 11) is 1.61. The van der Waals surface area contributed by atoms with E-state index in [4.69, 9.17) is 4.74 Å². The van der Waals surface area contributed by atoms with Crippen LogP contribution in [0.2, 0.25) is 0 Å². The highest BCUT2D eigenvalue weighted by Crippen LogP contribution is 2.44. The summed E-state index contributed by atoms with van der Waals surface area (Å²) < 4.78 is 4.99. The molecule has 1 aromatic carbocycles. The van der Waals surface area contributed by atoms with E-state index >= 15 is 0 Å². The van der Waals surface area contributed by atoms with Crippen LogP contribution < -0.4 is 5.32 Å². The molecule has 1 fully saturated rings. The zero-order chi connectivity index (χ0) is 20.5. The van der Waals surface area contributed by atoms with Crippen LogP contribution in [0.5, 0.6) is 0 Å². The number of nitrogens with zero attached hydrogens (tertiary/aromatic N) is 1. The Morgan fingerprint density at radius 1 is 1.32 bits per heavy atom. The van der Waals surface area contributed by atoms with Crippen molar-refractivity contribution in [3.05, 3.63) is 34.9 Å². The number of hydrogen-bond acceptors (Lipinski definition) is 4. The van der Waals surface area contributed by atoms with Gasteiger partial charge in [0.15, 0.2) is 5.78 Å². The predicted molar refractivity (Wildman–Crippen MR) is 111 cm³/mol. The summed E-state index contributed by atoms with van der Waals surface area (Å²) in [5.41, 5.74) is 2.18. The van der Waals surface area contributed by atoms with E-state index in [0.717, 1.165) is 30.1 Å². The lowest BCUT2D eigenvalue weighted by Gasteiger charge is -2.46. The first-order valence-corrected chi connectivity index (χ1v) is 10.5. The quantitative estimate of drug-likeness (QED) is 0.697.